The first kappa shape index (κ1) is 7.02. The lowest BCUT2D eigenvalue weighted by atomic mass is 10.3. The third kappa shape index (κ3) is 1.70. The molecule has 54 valence electrons. The summed E-state index contributed by atoms with van der Waals surface area (Å²) >= 11 is 0. The Bertz CT molecular complexity index is 195. The number of anilines is 1. The lowest BCUT2D eigenvalue weighted by Gasteiger charge is -1.95. The van der Waals surface area contributed by atoms with Crippen LogP contribution in [-0.4, -0.2) is 16.7 Å². The Morgan fingerprint density at radius 3 is 2.80 bits per heavy atom. The second-order valence-corrected chi connectivity index (χ2v) is 2.06. The number of rotatable bonds is 2. The largest absolute Gasteiger partial charge is 0.397 e. The van der Waals surface area contributed by atoms with E-state index in [4.69, 9.17) is 10.8 Å². The molecule has 0 unspecified atom stereocenters. The van der Waals surface area contributed by atoms with Crippen LogP contribution in [0.25, 0.3) is 0 Å². The number of nitrogens with zero attached hydrogens (tertiary/aromatic N) is 1. The van der Waals surface area contributed by atoms with E-state index in [-0.39, 0.29) is 6.61 Å². The van der Waals surface area contributed by atoms with E-state index in [1.54, 1.807) is 12.3 Å². The average molecular weight is 138 g/mol. The Balaban J connectivity index is 2.69. The molecule has 1 rings (SSSR count). The molecule has 3 heteroatoms. The van der Waals surface area contributed by atoms with E-state index in [9.17, 15) is 0 Å². The first-order valence-electron chi connectivity index (χ1n) is 3.14. The van der Waals surface area contributed by atoms with Crippen molar-refractivity contribution in [2.75, 3.05) is 12.3 Å². The molecule has 1 aromatic heterocycles. The molecule has 0 atom stereocenters. The summed E-state index contributed by atoms with van der Waals surface area (Å²) in [5.41, 5.74) is 6.92. The smallest absolute Gasteiger partial charge is 0.0501 e. The van der Waals surface area contributed by atoms with E-state index in [0.29, 0.717) is 12.1 Å². The predicted octanol–water partition coefficient (Wildman–Crippen LogP) is 0.199. The first-order chi connectivity index (χ1) is 4.83. The number of aliphatic hydroxyl groups is 1. The Morgan fingerprint density at radius 1 is 1.50 bits per heavy atom. The van der Waals surface area contributed by atoms with Crippen molar-refractivity contribution in [2.45, 2.75) is 6.42 Å². The summed E-state index contributed by atoms with van der Waals surface area (Å²) in [5, 5.41) is 8.52. The minimum atomic E-state index is 0.136. The maximum Gasteiger partial charge on any atom is 0.0501 e. The zero-order valence-corrected chi connectivity index (χ0v) is 5.62. The van der Waals surface area contributed by atoms with Crippen LogP contribution >= 0.6 is 0 Å². The molecule has 1 heterocycles. The van der Waals surface area contributed by atoms with E-state index in [1.807, 2.05) is 6.07 Å². The monoisotopic (exact) mass is 138 g/mol. The van der Waals surface area contributed by atoms with Crippen molar-refractivity contribution in [3.05, 3.63) is 24.0 Å². The molecular weight excluding hydrogens is 128 g/mol. The summed E-state index contributed by atoms with van der Waals surface area (Å²) in [4.78, 5) is 3.98. The second kappa shape index (κ2) is 3.17. The summed E-state index contributed by atoms with van der Waals surface area (Å²) in [7, 11) is 0. The Morgan fingerprint density at radius 2 is 2.30 bits per heavy atom. The van der Waals surface area contributed by atoms with Crippen LogP contribution in [0.1, 0.15) is 5.69 Å². The molecular formula is C7H10N2O. The minimum Gasteiger partial charge on any atom is -0.397 e. The fourth-order valence-corrected chi connectivity index (χ4v) is 0.698. The van der Waals surface area contributed by atoms with Crippen LogP contribution in [0.3, 0.4) is 0 Å². The molecule has 10 heavy (non-hydrogen) atoms. The van der Waals surface area contributed by atoms with Gasteiger partial charge in [0.05, 0.1) is 11.9 Å². The van der Waals surface area contributed by atoms with Crippen molar-refractivity contribution in [2.24, 2.45) is 0 Å². The van der Waals surface area contributed by atoms with Gasteiger partial charge in [-0.25, -0.2) is 0 Å². The normalized spacial score (nSPS) is 9.70. The SMILES string of the molecule is Nc1ccc(CCO)nc1. The van der Waals surface area contributed by atoms with E-state index in [2.05, 4.69) is 4.98 Å². The number of hydrogen-bond acceptors (Lipinski definition) is 3. The number of aliphatic hydroxyl groups excluding tert-OH is 1. The van der Waals surface area contributed by atoms with Gasteiger partial charge in [0.1, 0.15) is 0 Å². The number of nitrogens with two attached hydrogens (primary N) is 1. The molecule has 0 spiro atoms. The van der Waals surface area contributed by atoms with Gasteiger partial charge < -0.3 is 10.8 Å². The molecule has 0 radical (unpaired) electrons. The Kier molecular flexibility index (Phi) is 2.23. The molecule has 0 aromatic carbocycles. The first-order valence-corrected chi connectivity index (χ1v) is 3.14. The molecule has 3 nitrogen and oxygen atoms in total. The maximum absolute atomic E-state index is 8.52. The highest BCUT2D eigenvalue weighted by Gasteiger charge is 1.90. The Hall–Kier alpha value is -1.09. The number of aromatic nitrogens is 1. The molecule has 0 aliphatic rings. The quantitative estimate of drug-likeness (QED) is 0.613. The van der Waals surface area contributed by atoms with Crippen molar-refractivity contribution < 1.29 is 5.11 Å². The van der Waals surface area contributed by atoms with Crippen LogP contribution < -0.4 is 5.73 Å². The van der Waals surface area contributed by atoms with Crippen LogP contribution in [-0.2, 0) is 6.42 Å². The summed E-state index contributed by atoms with van der Waals surface area (Å²) in [6.07, 6.45) is 2.19. The standard InChI is InChI=1S/C7H10N2O/c8-6-1-2-7(3-4-10)9-5-6/h1-2,5,10H,3-4,8H2. The molecule has 0 bridgehead atoms. The van der Waals surface area contributed by atoms with Crippen LogP contribution in [0.15, 0.2) is 18.3 Å². The fourth-order valence-electron chi connectivity index (χ4n) is 0.698. The molecule has 0 saturated heterocycles. The average Bonchev–Trinajstić information content (AvgIpc) is 1.95. The highest BCUT2D eigenvalue weighted by Crippen LogP contribution is 2.00. The molecule has 0 amide bonds. The van der Waals surface area contributed by atoms with Gasteiger partial charge in [0.15, 0.2) is 0 Å². The summed E-state index contributed by atoms with van der Waals surface area (Å²) in [6.45, 7) is 0.136. The summed E-state index contributed by atoms with van der Waals surface area (Å²) in [5.74, 6) is 0. The van der Waals surface area contributed by atoms with Crippen molar-refractivity contribution >= 4 is 5.69 Å². The van der Waals surface area contributed by atoms with Gasteiger partial charge in [0.2, 0.25) is 0 Å². The zero-order chi connectivity index (χ0) is 7.40. The van der Waals surface area contributed by atoms with Gasteiger partial charge in [-0.3, -0.25) is 4.98 Å². The van der Waals surface area contributed by atoms with Crippen LogP contribution in [0, 0.1) is 0 Å². The van der Waals surface area contributed by atoms with Gasteiger partial charge in [0.25, 0.3) is 0 Å². The fraction of sp³-hybridized carbons (Fsp3) is 0.286. The van der Waals surface area contributed by atoms with Gasteiger partial charge in [-0.15, -0.1) is 0 Å². The summed E-state index contributed by atoms with van der Waals surface area (Å²) in [6, 6.07) is 3.59. The molecule has 0 saturated carbocycles. The molecule has 0 fully saturated rings. The number of nitrogen functional groups attached to an aromatic ring is 1. The van der Waals surface area contributed by atoms with Gasteiger partial charge in [-0.1, -0.05) is 0 Å². The molecule has 1 aromatic rings. The molecule has 3 N–H and O–H groups in total. The van der Waals surface area contributed by atoms with Gasteiger partial charge in [-0.2, -0.15) is 0 Å². The van der Waals surface area contributed by atoms with Crippen LogP contribution in [0.2, 0.25) is 0 Å². The lowest BCUT2D eigenvalue weighted by Crippen LogP contribution is -1.94. The van der Waals surface area contributed by atoms with E-state index in [1.165, 1.54) is 0 Å². The van der Waals surface area contributed by atoms with Crippen LogP contribution in [0.4, 0.5) is 5.69 Å². The van der Waals surface area contributed by atoms with Gasteiger partial charge in [-0.05, 0) is 12.1 Å². The number of hydrogen-bond donors (Lipinski definition) is 2. The Labute approximate surface area is 59.5 Å². The lowest BCUT2D eigenvalue weighted by molar-refractivity contribution is 0.298. The van der Waals surface area contributed by atoms with E-state index < -0.39 is 0 Å². The zero-order valence-electron chi connectivity index (χ0n) is 5.62. The molecule has 0 aliphatic carbocycles. The third-order valence-corrected chi connectivity index (χ3v) is 1.22. The highest BCUT2D eigenvalue weighted by atomic mass is 16.3. The minimum absolute atomic E-state index is 0.136. The van der Waals surface area contributed by atoms with E-state index >= 15 is 0 Å². The van der Waals surface area contributed by atoms with Crippen molar-refractivity contribution in [3.63, 3.8) is 0 Å². The third-order valence-electron chi connectivity index (χ3n) is 1.22. The van der Waals surface area contributed by atoms with Crippen molar-refractivity contribution in [1.29, 1.82) is 0 Å². The van der Waals surface area contributed by atoms with E-state index in [0.717, 1.165) is 5.69 Å². The predicted molar refractivity (Wildman–Crippen MR) is 39.4 cm³/mol. The molecule has 0 aliphatic heterocycles. The summed E-state index contributed by atoms with van der Waals surface area (Å²) < 4.78 is 0. The van der Waals surface area contributed by atoms with Gasteiger partial charge >= 0.3 is 0 Å². The highest BCUT2D eigenvalue weighted by molar-refractivity contribution is 5.34. The van der Waals surface area contributed by atoms with Crippen LogP contribution in [0.5, 0.6) is 0 Å². The van der Waals surface area contributed by atoms with Crippen molar-refractivity contribution in [3.8, 4) is 0 Å². The topological polar surface area (TPSA) is 59.1 Å². The van der Waals surface area contributed by atoms with Crippen molar-refractivity contribution in [1.82, 2.24) is 4.98 Å². The number of pyridine rings is 1. The maximum atomic E-state index is 8.52. The second-order valence-electron chi connectivity index (χ2n) is 2.06. The van der Waals surface area contributed by atoms with Gasteiger partial charge in [0, 0.05) is 18.7 Å².